The van der Waals surface area contributed by atoms with Gasteiger partial charge < -0.3 is 15.3 Å². The summed E-state index contributed by atoms with van der Waals surface area (Å²) in [6.07, 6.45) is 4.43. The number of aryl methyl sites for hydroxylation is 2. The number of pyridine rings is 1. The number of para-hydroxylation sites is 1. The van der Waals surface area contributed by atoms with E-state index >= 15 is 0 Å². The Morgan fingerprint density at radius 2 is 1.84 bits per heavy atom. The van der Waals surface area contributed by atoms with Crippen LogP contribution in [0, 0.1) is 31.4 Å². The maximum Gasteiger partial charge on any atom is 0.268 e. The maximum absolute atomic E-state index is 14.9. The van der Waals surface area contributed by atoms with Crippen LogP contribution in [0.1, 0.15) is 58.4 Å². The number of hydrogen-bond donors (Lipinski definition) is 2. The van der Waals surface area contributed by atoms with Crippen molar-refractivity contribution in [3.8, 4) is 0 Å². The number of anilines is 1. The zero-order chi connectivity index (χ0) is 27.2. The molecule has 1 aliphatic heterocycles. The summed E-state index contributed by atoms with van der Waals surface area (Å²) in [6, 6.07) is 10.6. The highest BCUT2D eigenvalue weighted by atomic mass is 35.5. The number of nitrogens with one attached hydrogen (secondary N) is 1. The second-order valence-electron chi connectivity index (χ2n) is 10.2. The fourth-order valence-electron chi connectivity index (χ4n) is 5.61. The standard InChI is InChI=1S/C29H28ClF2N3O3/c1-16-11-23(26(32)24(31)12-16)29(38)22-5-3-4-6-25(22)35(28(29)37)15-18-7-9-20(10-8-18)34-27(36)21-13-19(30)14-33-17(21)2/h3-6,11-14,18,20,38H,7-10,15H2,1-2H3,(H,34,36). The Balaban J connectivity index is 1.31. The molecule has 0 saturated heterocycles. The van der Waals surface area contributed by atoms with Crippen LogP contribution < -0.4 is 10.2 Å². The van der Waals surface area contributed by atoms with E-state index in [1.165, 1.54) is 17.2 Å². The van der Waals surface area contributed by atoms with Crippen molar-refractivity contribution in [1.82, 2.24) is 10.3 Å². The Labute approximate surface area is 224 Å². The van der Waals surface area contributed by atoms with Crippen LogP contribution in [0.5, 0.6) is 0 Å². The molecule has 1 atom stereocenters. The van der Waals surface area contributed by atoms with Crippen LogP contribution in [0.4, 0.5) is 14.5 Å². The Morgan fingerprint density at radius 3 is 2.58 bits per heavy atom. The quantitative estimate of drug-likeness (QED) is 0.467. The Kier molecular flexibility index (Phi) is 6.96. The summed E-state index contributed by atoms with van der Waals surface area (Å²) in [6.45, 7) is 3.66. The van der Waals surface area contributed by atoms with Crippen molar-refractivity contribution in [3.05, 3.63) is 93.3 Å². The number of carbonyl (C=O) groups is 2. The minimum absolute atomic E-state index is 0.0278. The van der Waals surface area contributed by atoms with Gasteiger partial charge >= 0.3 is 0 Å². The Hall–Kier alpha value is -3.36. The average molecular weight is 540 g/mol. The molecular formula is C29H28ClF2N3O3. The first kappa shape index (κ1) is 26.3. The summed E-state index contributed by atoms with van der Waals surface area (Å²) in [5.74, 6) is -3.15. The van der Waals surface area contributed by atoms with Crippen molar-refractivity contribution in [2.45, 2.75) is 51.2 Å². The number of fused-ring (bicyclic) bond motifs is 1. The van der Waals surface area contributed by atoms with Gasteiger partial charge in [-0.15, -0.1) is 0 Å². The summed E-state index contributed by atoms with van der Waals surface area (Å²) in [5, 5.41) is 15.1. The highest BCUT2D eigenvalue weighted by molar-refractivity contribution is 6.30. The third kappa shape index (κ3) is 4.56. The van der Waals surface area contributed by atoms with Gasteiger partial charge in [-0.2, -0.15) is 0 Å². The van der Waals surface area contributed by atoms with E-state index in [1.54, 1.807) is 44.2 Å². The highest BCUT2D eigenvalue weighted by Gasteiger charge is 2.53. The van der Waals surface area contributed by atoms with Crippen molar-refractivity contribution in [1.29, 1.82) is 0 Å². The van der Waals surface area contributed by atoms with Gasteiger partial charge in [-0.3, -0.25) is 14.6 Å². The molecule has 3 aromatic rings. The molecule has 0 radical (unpaired) electrons. The number of carbonyl (C=O) groups excluding carboxylic acids is 2. The lowest BCUT2D eigenvalue weighted by Gasteiger charge is -2.32. The third-order valence-corrected chi connectivity index (χ3v) is 7.83. The molecule has 2 heterocycles. The molecule has 1 unspecified atom stereocenters. The van der Waals surface area contributed by atoms with Crippen LogP contribution in [0.25, 0.3) is 0 Å². The van der Waals surface area contributed by atoms with Gasteiger partial charge in [0.15, 0.2) is 17.2 Å². The molecule has 2 N–H and O–H groups in total. The van der Waals surface area contributed by atoms with E-state index in [2.05, 4.69) is 10.3 Å². The molecule has 0 spiro atoms. The minimum Gasteiger partial charge on any atom is -0.372 e. The number of aliphatic hydroxyl groups is 1. The highest BCUT2D eigenvalue weighted by Crippen LogP contribution is 2.46. The van der Waals surface area contributed by atoms with Gasteiger partial charge in [0.05, 0.1) is 22.0 Å². The van der Waals surface area contributed by atoms with Crippen LogP contribution >= 0.6 is 11.6 Å². The number of hydrogen-bond acceptors (Lipinski definition) is 4. The van der Waals surface area contributed by atoms with Crippen molar-refractivity contribution in [2.75, 3.05) is 11.4 Å². The SMILES string of the molecule is Cc1cc(F)c(F)c(C2(O)C(=O)N(CC3CCC(NC(=O)c4cc(Cl)cnc4C)CC3)c3ccccc32)c1. The molecule has 5 rings (SSSR count). The van der Waals surface area contributed by atoms with Gasteiger partial charge in [0.1, 0.15) is 0 Å². The number of amides is 2. The van der Waals surface area contributed by atoms with E-state index in [0.29, 0.717) is 34.1 Å². The average Bonchev–Trinajstić information content (AvgIpc) is 3.11. The van der Waals surface area contributed by atoms with Crippen molar-refractivity contribution in [3.63, 3.8) is 0 Å². The van der Waals surface area contributed by atoms with Gasteiger partial charge in [-0.05, 0) is 75.3 Å². The summed E-state index contributed by atoms with van der Waals surface area (Å²) in [7, 11) is 0. The summed E-state index contributed by atoms with van der Waals surface area (Å²) in [4.78, 5) is 32.1. The lowest BCUT2D eigenvalue weighted by molar-refractivity contribution is -0.132. The second kappa shape index (κ2) is 10.1. The Morgan fingerprint density at radius 1 is 1.13 bits per heavy atom. The number of aromatic nitrogens is 1. The van der Waals surface area contributed by atoms with Crippen LogP contribution in [0.2, 0.25) is 5.02 Å². The minimum atomic E-state index is -2.32. The van der Waals surface area contributed by atoms with E-state index in [-0.39, 0.29) is 29.0 Å². The van der Waals surface area contributed by atoms with Crippen molar-refractivity contribution in [2.24, 2.45) is 5.92 Å². The smallest absolute Gasteiger partial charge is 0.268 e. The molecule has 2 amide bonds. The lowest BCUT2D eigenvalue weighted by Crippen LogP contribution is -2.45. The predicted octanol–water partition coefficient (Wildman–Crippen LogP) is 5.20. The third-order valence-electron chi connectivity index (χ3n) is 7.62. The van der Waals surface area contributed by atoms with Crippen LogP contribution in [0.15, 0.2) is 48.7 Å². The molecule has 1 fully saturated rings. The second-order valence-corrected chi connectivity index (χ2v) is 10.7. The van der Waals surface area contributed by atoms with Crippen LogP contribution in [-0.4, -0.2) is 34.5 Å². The molecule has 198 valence electrons. The number of halogens is 3. The molecule has 0 bridgehead atoms. The summed E-state index contributed by atoms with van der Waals surface area (Å²) < 4.78 is 29.2. The fraction of sp³-hybridized carbons (Fsp3) is 0.345. The van der Waals surface area contributed by atoms with E-state index in [1.807, 2.05) is 0 Å². The number of rotatable bonds is 5. The Bertz CT molecular complexity index is 1420. The van der Waals surface area contributed by atoms with Crippen LogP contribution in [-0.2, 0) is 10.4 Å². The molecule has 1 saturated carbocycles. The van der Waals surface area contributed by atoms with Gasteiger partial charge in [0.2, 0.25) is 0 Å². The van der Waals surface area contributed by atoms with Gasteiger partial charge in [-0.25, -0.2) is 8.78 Å². The van der Waals surface area contributed by atoms with Gasteiger partial charge in [0.25, 0.3) is 11.8 Å². The van der Waals surface area contributed by atoms with Crippen LogP contribution in [0.3, 0.4) is 0 Å². The normalized spacial score (nSPS) is 22.9. The summed E-state index contributed by atoms with van der Waals surface area (Å²) >= 11 is 6.00. The fourth-order valence-corrected chi connectivity index (χ4v) is 5.77. The van der Waals surface area contributed by atoms with E-state index in [4.69, 9.17) is 11.6 Å². The lowest BCUT2D eigenvalue weighted by atomic mass is 9.85. The maximum atomic E-state index is 14.9. The zero-order valence-corrected chi connectivity index (χ0v) is 21.9. The zero-order valence-electron chi connectivity index (χ0n) is 21.1. The molecular weight excluding hydrogens is 512 g/mol. The molecule has 38 heavy (non-hydrogen) atoms. The van der Waals surface area contributed by atoms with Crippen molar-refractivity contribution < 1.29 is 23.5 Å². The van der Waals surface area contributed by atoms with E-state index < -0.39 is 23.1 Å². The molecule has 9 heteroatoms. The molecule has 1 aliphatic carbocycles. The number of nitrogens with zero attached hydrogens (tertiary/aromatic N) is 2. The molecule has 2 aliphatic rings. The van der Waals surface area contributed by atoms with Gasteiger partial charge in [0, 0.05) is 29.9 Å². The molecule has 2 aromatic carbocycles. The predicted molar refractivity (Wildman–Crippen MR) is 140 cm³/mol. The van der Waals surface area contributed by atoms with Gasteiger partial charge in [-0.1, -0.05) is 29.8 Å². The first-order valence-corrected chi connectivity index (χ1v) is 13.0. The molecule has 1 aromatic heterocycles. The van der Waals surface area contributed by atoms with E-state index in [9.17, 15) is 23.5 Å². The monoisotopic (exact) mass is 539 g/mol. The molecule has 6 nitrogen and oxygen atoms in total. The van der Waals surface area contributed by atoms with Crippen molar-refractivity contribution >= 4 is 29.1 Å². The largest absolute Gasteiger partial charge is 0.372 e. The first-order valence-electron chi connectivity index (χ1n) is 12.6. The first-order chi connectivity index (χ1) is 18.1. The van der Waals surface area contributed by atoms with E-state index in [0.717, 1.165) is 31.7 Å². The number of benzene rings is 2. The summed E-state index contributed by atoms with van der Waals surface area (Å²) in [5.41, 5.74) is -0.530. The topological polar surface area (TPSA) is 82.5 Å².